The third-order valence-electron chi connectivity index (χ3n) is 3.84. The summed E-state index contributed by atoms with van der Waals surface area (Å²) in [6.45, 7) is 2.74. The van der Waals surface area contributed by atoms with E-state index in [-0.39, 0.29) is 0 Å². The zero-order valence-electron chi connectivity index (χ0n) is 13.4. The Morgan fingerprint density at radius 3 is 2.82 bits per heavy atom. The molecule has 0 amide bonds. The number of anilines is 1. The van der Waals surface area contributed by atoms with Crippen LogP contribution in [-0.4, -0.2) is 28.7 Å². The number of rotatable bonds is 4. The number of benzene rings is 1. The smallest absolute Gasteiger partial charge is 0.145 e. The van der Waals surface area contributed by atoms with Gasteiger partial charge in [0.15, 0.2) is 0 Å². The number of ether oxygens (including phenoxy) is 1. The van der Waals surface area contributed by atoms with Crippen LogP contribution in [0.3, 0.4) is 0 Å². The Morgan fingerprint density at radius 2 is 2.14 bits per heavy atom. The molecule has 0 bridgehead atoms. The van der Waals surface area contributed by atoms with Crippen LogP contribution in [0, 0.1) is 6.92 Å². The second kappa shape index (κ2) is 5.67. The Balaban J connectivity index is 2.08. The van der Waals surface area contributed by atoms with Gasteiger partial charge in [-0.05, 0) is 19.1 Å². The minimum absolute atomic E-state index is 0.735. The maximum absolute atomic E-state index is 5.44. The van der Waals surface area contributed by atoms with Crippen LogP contribution in [0.2, 0.25) is 0 Å². The highest BCUT2D eigenvalue weighted by Gasteiger charge is 2.13. The van der Waals surface area contributed by atoms with Crippen molar-refractivity contribution in [1.82, 2.24) is 14.5 Å². The topological polar surface area (TPSA) is 43.2 Å². The lowest BCUT2D eigenvalue weighted by Crippen LogP contribution is -2.19. The summed E-state index contributed by atoms with van der Waals surface area (Å²) in [6.07, 6.45) is 3.78. The van der Waals surface area contributed by atoms with Crippen molar-refractivity contribution in [3.05, 3.63) is 48.2 Å². The van der Waals surface area contributed by atoms with Gasteiger partial charge in [0.2, 0.25) is 0 Å². The number of aryl methyl sites for hydroxylation is 2. The summed E-state index contributed by atoms with van der Waals surface area (Å²) in [5, 5.41) is 1.08. The molecule has 0 saturated carbocycles. The van der Waals surface area contributed by atoms with Crippen molar-refractivity contribution in [1.29, 1.82) is 0 Å². The summed E-state index contributed by atoms with van der Waals surface area (Å²) < 4.78 is 7.48. The fourth-order valence-corrected chi connectivity index (χ4v) is 2.66. The third-order valence-corrected chi connectivity index (χ3v) is 3.84. The van der Waals surface area contributed by atoms with Gasteiger partial charge in [-0.25, -0.2) is 9.97 Å². The number of hydrogen-bond acceptors (Lipinski definition) is 4. The van der Waals surface area contributed by atoms with E-state index in [0.29, 0.717) is 0 Å². The van der Waals surface area contributed by atoms with Gasteiger partial charge in [0, 0.05) is 43.3 Å². The largest absolute Gasteiger partial charge is 0.494 e. The van der Waals surface area contributed by atoms with Crippen LogP contribution < -0.4 is 9.64 Å². The quantitative estimate of drug-likeness (QED) is 0.742. The van der Waals surface area contributed by atoms with E-state index in [4.69, 9.17) is 4.74 Å². The van der Waals surface area contributed by atoms with Gasteiger partial charge in [-0.15, -0.1) is 0 Å². The molecule has 2 heterocycles. The zero-order valence-corrected chi connectivity index (χ0v) is 13.4. The number of fused-ring (bicyclic) bond motifs is 1. The average Bonchev–Trinajstić information content (AvgIpc) is 2.91. The fourth-order valence-electron chi connectivity index (χ4n) is 2.66. The maximum Gasteiger partial charge on any atom is 0.145 e. The highest BCUT2D eigenvalue weighted by Crippen LogP contribution is 2.32. The van der Waals surface area contributed by atoms with Crippen molar-refractivity contribution in [3.8, 4) is 5.75 Å². The van der Waals surface area contributed by atoms with Crippen molar-refractivity contribution >= 4 is 16.6 Å². The van der Waals surface area contributed by atoms with Gasteiger partial charge < -0.3 is 14.2 Å². The van der Waals surface area contributed by atoms with E-state index in [0.717, 1.165) is 40.4 Å². The summed E-state index contributed by atoms with van der Waals surface area (Å²) in [7, 11) is 5.76. The number of nitrogens with zero attached hydrogens (tertiary/aromatic N) is 4. The van der Waals surface area contributed by atoms with Crippen molar-refractivity contribution < 1.29 is 4.74 Å². The van der Waals surface area contributed by atoms with Crippen LogP contribution in [0.15, 0.2) is 36.7 Å². The van der Waals surface area contributed by atoms with E-state index < -0.39 is 0 Å². The molecule has 114 valence electrons. The lowest BCUT2D eigenvalue weighted by molar-refractivity contribution is 0.419. The third kappa shape index (κ3) is 2.50. The molecule has 0 aliphatic rings. The number of imidazole rings is 1. The van der Waals surface area contributed by atoms with Crippen molar-refractivity contribution in [2.75, 3.05) is 19.1 Å². The van der Waals surface area contributed by atoms with E-state index in [2.05, 4.69) is 34.0 Å². The van der Waals surface area contributed by atoms with E-state index >= 15 is 0 Å². The standard InChI is InChI=1S/C17H20N4O/c1-12-10-14(21(3)11-16-18-8-9-20(16)2)13-6-5-7-15(22-4)17(13)19-12/h5-10H,11H2,1-4H3. The first kappa shape index (κ1) is 14.4. The number of aromatic nitrogens is 3. The van der Waals surface area contributed by atoms with Gasteiger partial charge in [0.1, 0.15) is 17.1 Å². The van der Waals surface area contributed by atoms with Gasteiger partial charge in [-0.1, -0.05) is 12.1 Å². The van der Waals surface area contributed by atoms with E-state index in [1.54, 1.807) is 7.11 Å². The Hall–Kier alpha value is -2.56. The van der Waals surface area contributed by atoms with Gasteiger partial charge in [-0.3, -0.25) is 0 Å². The molecular weight excluding hydrogens is 276 g/mol. The summed E-state index contributed by atoms with van der Waals surface area (Å²) in [4.78, 5) is 11.2. The minimum atomic E-state index is 0.735. The van der Waals surface area contributed by atoms with Crippen LogP contribution in [0.4, 0.5) is 5.69 Å². The zero-order chi connectivity index (χ0) is 15.7. The molecule has 0 spiro atoms. The molecule has 3 aromatic rings. The maximum atomic E-state index is 5.44. The summed E-state index contributed by atoms with van der Waals surface area (Å²) >= 11 is 0. The predicted octanol–water partition coefficient (Wildman–Crippen LogP) is 2.92. The van der Waals surface area contributed by atoms with Crippen LogP contribution in [0.1, 0.15) is 11.5 Å². The molecule has 5 heteroatoms. The normalized spacial score (nSPS) is 10.9. The second-order valence-electron chi connectivity index (χ2n) is 5.45. The second-order valence-corrected chi connectivity index (χ2v) is 5.45. The van der Waals surface area contributed by atoms with Gasteiger partial charge in [-0.2, -0.15) is 0 Å². The Bertz CT molecular complexity index is 810. The fraction of sp³-hybridized carbons (Fsp3) is 0.294. The van der Waals surface area contributed by atoms with Crippen molar-refractivity contribution in [3.63, 3.8) is 0 Å². The van der Waals surface area contributed by atoms with Gasteiger partial charge in [0.25, 0.3) is 0 Å². The van der Waals surface area contributed by atoms with E-state index in [9.17, 15) is 0 Å². The molecule has 0 atom stereocenters. The number of pyridine rings is 1. The van der Waals surface area contributed by atoms with Gasteiger partial charge >= 0.3 is 0 Å². The highest BCUT2D eigenvalue weighted by molar-refractivity contribution is 5.95. The molecule has 0 N–H and O–H groups in total. The van der Waals surface area contributed by atoms with Crippen LogP contribution in [0.5, 0.6) is 5.75 Å². The summed E-state index contributed by atoms with van der Waals surface area (Å²) in [6, 6.07) is 8.12. The summed E-state index contributed by atoms with van der Waals surface area (Å²) in [5.74, 6) is 1.82. The lowest BCUT2D eigenvalue weighted by Gasteiger charge is -2.22. The molecular formula is C17H20N4O. The lowest BCUT2D eigenvalue weighted by atomic mass is 10.1. The number of hydrogen-bond donors (Lipinski definition) is 0. The first-order valence-corrected chi connectivity index (χ1v) is 7.22. The molecule has 0 radical (unpaired) electrons. The molecule has 0 unspecified atom stereocenters. The Labute approximate surface area is 130 Å². The molecule has 0 fully saturated rings. The van der Waals surface area contributed by atoms with Crippen molar-refractivity contribution in [2.45, 2.75) is 13.5 Å². The molecule has 1 aromatic carbocycles. The minimum Gasteiger partial charge on any atom is -0.494 e. The van der Waals surface area contributed by atoms with Gasteiger partial charge in [0.05, 0.1) is 13.7 Å². The van der Waals surface area contributed by atoms with E-state index in [1.165, 1.54) is 0 Å². The first-order chi connectivity index (χ1) is 10.6. The number of para-hydroxylation sites is 1. The highest BCUT2D eigenvalue weighted by atomic mass is 16.5. The van der Waals surface area contributed by atoms with E-state index in [1.807, 2.05) is 43.1 Å². The molecule has 22 heavy (non-hydrogen) atoms. The van der Waals surface area contributed by atoms with Crippen LogP contribution >= 0.6 is 0 Å². The predicted molar refractivity (Wildman–Crippen MR) is 88.3 cm³/mol. The molecule has 2 aromatic heterocycles. The van der Waals surface area contributed by atoms with Crippen molar-refractivity contribution in [2.24, 2.45) is 7.05 Å². The molecule has 0 saturated heterocycles. The van der Waals surface area contributed by atoms with Crippen LogP contribution in [-0.2, 0) is 13.6 Å². The Kier molecular flexibility index (Phi) is 3.71. The Morgan fingerprint density at radius 1 is 1.32 bits per heavy atom. The molecule has 5 nitrogen and oxygen atoms in total. The SMILES string of the molecule is COc1cccc2c(N(C)Cc3nccn3C)cc(C)nc12. The average molecular weight is 296 g/mol. The first-order valence-electron chi connectivity index (χ1n) is 7.22. The molecule has 0 aliphatic heterocycles. The molecule has 0 aliphatic carbocycles. The molecule has 3 rings (SSSR count). The summed E-state index contributed by atoms with van der Waals surface area (Å²) in [5.41, 5.74) is 3.00. The van der Waals surface area contributed by atoms with Crippen LogP contribution in [0.25, 0.3) is 10.9 Å². The number of methoxy groups -OCH3 is 1. The monoisotopic (exact) mass is 296 g/mol.